The van der Waals surface area contributed by atoms with Gasteiger partial charge in [-0.1, -0.05) is 18.2 Å². The highest BCUT2D eigenvalue weighted by atomic mass is 16.5. The van der Waals surface area contributed by atoms with Gasteiger partial charge in [-0.05, 0) is 80.0 Å². The average molecular weight is 632 g/mol. The number of benzene rings is 2. The van der Waals surface area contributed by atoms with Crippen LogP contribution >= 0.6 is 0 Å². The quantitative estimate of drug-likeness (QED) is 0.154. The lowest BCUT2D eigenvalue weighted by atomic mass is 9.54. The van der Waals surface area contributed by atoms with Crippen molar-refractivity contribution in [1.82, 2.24) is 20.3 Å². The highest BCUT2D eigenvalue weighted by molar-refractivity contribution is 5.94. The van der Waals surface area contributed by atoms with E-state index < -0.39 is 0 Å². The number of hydrogen-bond acceptors (Lipinski definition) is 11. The molecule has 3 aromatic rings. The summed E-state index contributed by atoms with van der Waals surface area (Å²) in [5, 5.41) is 13.2. The van der Waals surface area contributed by atoms with Gasteiger partial charge >= 0.3 is 0 Å². The third-order valence-electron chi connectivity index (χ3n) is 9.27. The maximum Gasteiger partial charge on any atom is 0.251 e. The molecule has 4 bridgehead atoms. The SMILES string of the molecule is COc1ccc(Nc2nc(NCCOCCOCCNC(=O)c3ccccc3)nc(NC3C4CC5CC(C4)CC3C5)n2)cc1OC. The average Bonchev–Trinajstić information content (AvgIpc) is 3.07. The lowest BCUT2D eigenvalue weighted by molar-refractivity contribution is 0.00728. The van der Waals surface area contributed by atoms with Crippen LogP contribution in [0.3, 0.4) is 0 Å². The molecule has 0 spiro atoms. The number of methoxy groups -OCH3 is 2. The Hall–Kier alpha value is -4.16. The van der Waals surface area contributed by atoms with E-state index in [1.165, 1.54) is 32.1 Å². The van der Waals surface area contributed by atoms with E-state index in [-0.39, 0.29) is 5.91 Å². The number of carbonyl (C=O) groups is 1. The molecule has 1 amide bonds. The zero-order chi connectivity index (χ0) is 31.7. The van der Waals surface area contributed by atoms with Crippen molar-refractivity contribution < 1.29 is 23.7 Å². The van der Waals surface area contributed by atoms with Crippen molar-refractivity contribution >= 4 is 29.4 Å². The molecular weight excluding hydrogens is 586 g/mol. The maximum absolute atomic E-state index is 12.1. The van der Waals surface area contributed by atoms with Crippen LogP contribution in [0, 0.1) is 23.7 Å². The second kappa shape index (κ2) is 15.4. The van der Waals surface area contributed by atoms with Crippen LogP contribution in [0.5, 0.6) is 11.5 Å². The van der Waals surface area contributed by atoms with Gasteiger partial charge in [0.05, 0.1) is 40.6 Å². The molecule has 0 unspecified atom stereocenters. The summed E-state index contributed by atoms with van der Waals surface area (Å²) >= 11 is 0. The lowest BCUT2D eigenvalue weighted by Crippen LogP contribution is -2.51. The molecule has 12 nitrogen and oxygen atoms in total. The Bertz CT molecular complexity index is 1410. The second-order valence-corrected chi connectivity index (χ2v) is 12.4. The number of anilines is 4. The Balaban J connectivity index is 0.994. The number of nitrogens with zero attached hydrogens (tertiary/aromatic N) is 3. The zero-order valence-corrected chi connectivity index (χ0v) is 26.7. The van der Waals surface area contributed by atoms with Gasteiger partial charge in [-0.15, -0.1) is 0 Å². The van der Waals surface area contributed by atoms with Gasteiger partial charge in [0, 0.05) is 36.4 Å². The van der Waals surface area contributed by atoms with Gasteiger partial charge in [0.2, 0.25) is 17.8 Å². The number of carbonyl (C=O) groups excluding carboxylic acids is 1. The third-order valence-corrected chi connectivity index (χ3v) is 9.27. The van der Waals surface area contributed by atoms with Crippen LogP contribution in [-0.2, 0) is 9.47 Å². The van der Waals surface area contributed by atoms with Crippen LogP contribution in [0.15, 0.2) is 48.5 Å². The van der Waals surface area contributed by atoms with Crippen molar-refractivity contribution in [1.29, 1.82) is 0 Å². The van der Waals surface area contributed by atoms with Gasteiger partial charge in [0.25, 0.3) is 5.91 Å². The molecule has 4 N–H and O–H groups in total. The van der Waals surface area contributed by atoms with Crippen LogP contribution < -0.4 is 30.7 Å². The lowest BCUT2D eigenvalue weighted by Gasteiger charge is -2.54. The Morgan fingerprint density at radius 2 is 1.39 bits per heavy atom. The van der Waals surface area contributed by atoms with E-state index in [1.807, 2.05) is 36.4 Å². The van der Waals surface area contributed by atoms with Gasteiger partial charge in [0.15, 0.2) is 11.5 Å². The second-order valence-electron chi connectivity index (χ2n) is 12.4. The first kappa shape index (κ1) is 31.8. The van der Waals surface area contributed by atoms with Gasteiger partial charge in [0.1, 0.15) is 0 Å². The van der Waals surface area contributed by atoms with E-state index in [2.05, 4.69) is 26.3 Å². The molecule has 0 aliphatic heterocycles. The van der Waals surface area contributed by atoms with Crippen LogP contribution in [0.1, 0.15) is 42.5 Å². The minimum absolute atomic E-state index is 0.108. The van der Waals surface area contributed by atoms with Gasteiger partial charge in [-0.3, -0.25) is 4.79 Å². The van der Waals surface area contributed by atoms with Crippen molar-refractivity contribution in [3.8, 4) is 11.5 Å². The van der Waals surface area contributed by atoms with Crippen LogP contribution in [0.25, 0.3) is 0 Å². The minimum atomic E-state index is -0.108. The van der Waals surface area contributed by atoms with Gasteiger partial charge in [-0.25, -0.2) is 0 Å². The van der Waals surface area contributed by atoms with Crippen LogP contribution in [0.4, 0.5) is 23.5 Å². The molecule has 1 heterocycles. The molecule has 1 aromatic heterocycles. The molecule has 7 rings (SSSR count). The molecule has 4 saturated carbocycles. The van der Waals surface area contributed by atoms with Crippen molar-refractivity contribution in [2.75, 3.05) is 69.7 Å². The summed E-state index contributed by atoms with van der Waals surface area (Å²) in [6.07, 6.45) is 6.64. The summed E-state index contributed by atoms with van der Waals surface area (Å²) in [6.45, 7) is 2.71. The van der Waals surface area contributed by atoms with Crippen molar-refractivity contribution in [2.24, 2.45) is 23.7 Å². The van der Waals surface area contributed by atoms with E-state index in [0.717, 1.165) is 17.5 Å². The highest BCUT2D eigenvalue weighted by Crippen LogP contribution is 2.54. The summed E-state index contributed by atoms with van der Waals surface area (Å²) < 4.78 is 22.2. The van der Waals surface area contributed by atoms with E-state index in [1.54, 1.807) is 26.4 Å². The number of ether oxygens (including phenoxy) is 4. The molecule has 12 heteroatoms. The van der Waals surface area contributed by atoms with Crippen LogP contribution in [-0.4, -0.2) is 80.6 Å². The van der Waals surface area contributed by atoms with Crippen molar-refractivity contribution in [3.63, 3.8) is 0 Å². The van der Waals surface area contributed by atoms with E-state index in [9.17, 15) is 4.79 Å². The molecular formula is C34H45N7O5. The van der Waals surface area contributed by atoms with E-state index >= 15 is 0 Å². The maximum atomic E-state index is 12.1. The van der Waals surface area contributed by atoms with Gasteiger partial charge < -0.3 is 40.2 Å². The molecule has 0 atom stereocenters. The topological polar surface area (TPSA) is 141 Å². The molecule has 4 aliphatic carbocycles. The normalized spacial score (nSPS) is 22.7. The third kappa shape index (κ3) is 8.16. The van der Waals surface area contributed by atoms with Crippen LogP contribution in [0.2, 0.25) is 0 Å². The molecule has 0 radical (unpaired) electrons. The number of hydrogen-bond donors (Lipinski definition) is 4. The number of nitrogens with one attached hydrogen (secondary N) is 4. The predicted molar refractivity (Wildman–Crippen MR) is 176 cm³/mol. The smallest absolute Gasteiger partial charge is 0.251 e. The van der Waals surface area contributed by atoms with Gasteiger partial charge in [-0.2, -0.15) is 15.0 Å². The fourth-order valence-corrected chi connectivity index (χ4v) is 7.41. The summed E-state index contributed by atoms with van der Waals surface area (Å²) in [6, 6.07) is 15.1. The van der Waals surface area contributed by atoms with E-state index in [0.29, 0.717) is 92.3 Å². The molecule has 4 aliphatic rings. The number of rotatable bonds is 17. The molecule has 4 fully saturated rings. The number of aromatic nitrogens is 3. The zero-order valence-electron chi connectivity index (χ0n) is 26.7. The number of amides is 1. The first-order chi connectivity index (χ1) is 22.6. The summed E-state index contributed by atoms with van der Waals surface area (Å²) in [5.74, 6) is 5.79. The monoisotopic (exact) mass is 631 g/mol. The summed E-state index contributed by atoms with van der Waals surface area (Å²) in [5.41, 5.74) is 1.41. The largest absolute Gasteiger partial charge is 0.493 e. The predicted octanol–water partition coefficient (Wildman–Crippen LogP) is 4.74. The molecule has 46 heavy (non-hydrogen) atoms. The fourth-order valence-electron chi connectivity index (χ4n) is 7.41. The first-order valence-electron chi connectivity index (χ1n) is 16.3. The van der Waals surface area contributed by atoms with Crippen molar-refractivity contribution in [2.45, 2.75) is 38.1 Å². The Morgan fingerprint density at radius 1 is 0.739 bits per heavy atom. The fraction of sp³-hybridized carbons (Fsp3) is 0.529. The molecule has 0 saturated heterocycles. The Morgan fingerprint density at radius 3 is 2.09 bits per heavy atom. The van der Waals surface area contributed by atoms with Crippen molar-refractivity contribution in [3.05, 3.63) is 54.1 Å². The van der Waals surface area contributed by atoms with E-state index in [4.69, 9.17) is 28.9 Å². The Labute approximate surface area is 270 Å². The molecule has 2 aromatic carbocycles. The summed E-state index contributed by atoms with van der Waals surface area (Å²) in [4.78, 5) is 26.2. The minimum Gasteiger partial charge on any atom is -0.493 e. The highest BCUT2D eigenvalue weighted by Gasteiger charge is 2.48. The summed E-state index contributed by atoms with van der Waals surface area (Å²) in [7, 11) is 3.23. The Kier molecular flexibility index (Phi) is 10.7. The first-order valence-corrected chi connectivity index (χ1v) is 16.3. The standard InChI is InChI=1S/C34H45N7O5/c1-43-28-9-8-27(21-29(28)44-2)37-33-39-32(40-34(41-33)38-30-25-17-22-16-23(19-25)20-26(30)18-22)36-11-13-46-15-14-45-12-10-35-31(42)24-6-4-3-5-7-24/h3-9,21-23,25-26,30H,10-20H2,1-2H3,(H,35,42)(H3,36,37,38,39,40,41). The molecule has 246 valence electrons.